The first kappa shape index (κ1) is 11.9. The van der Waals surface area contributed by atoms with Gasteiger partial charge in [-0.05, 0) is 86.4 Å². The molecule has 5 rings (SSSR count). The molecule has 4 saturated carbocycles. The number of nitrogens with zero attached hydrogens (tertiary/aromatic N) is 1. The summed E-state index contributed by atoms with van der Waals surface area (Å²) in [6.07, 6.45) is 12.6. The van der Waals surface area contributed by atoms with Gasteiger partial charge in [0.05, 0.1) is 0 Å². The van der Waals surface area contributed by atoms with Gasteiger partial charge in [-0.2, -0.15) is 0 Å². The van der Waals surface area contributed by atoms with Crippen molar-refractivity contribution in [1.29, 1.82) is 0 Å². The molecule has 4 bridgehead atoms. The first-order valence-corrected chi connectivity index (χ1v) is 8.01. The van der Waals surface area contributed by atoms with Crippen LogP contribution in [0.15, 0.2) is 24.5 Å². The molecule has 19 heavy (non-hydrogen) atoms. The molecule has 0 spiro atoms. The van der Waals surface area contributed by atoms with Crippen LogP contribution in [0.1, 0.15) is 37.7 Å². The molecule has 0 radical (unpaired) electrons. The van der Waals surface area contributed by atoms with E-state index in [4.69, 9.17) is 0 Å². The summed E-state index contributed by atoms with van der Waals surface area (Å²) in [6, 6.07) is 5.10. The highest BCUT2D eigenvalue weighted by Crippen LogP contribution is 2.53. The number of hydrogen-bond donors (Lipinski definition) is 1. The van der Waals surface area contributed by atoms with Gasteiger partial charge in [-0.3, -0.25) is 4.98 Å². The van der Waals surface area contributed by atoms with Crippen molar-refractivity contribution in [2.24, 2.45) is 23.7 Å². The molecule has 0 aliphatic heterocycles. The fraction of sp³-hybridized carbons (Fsp3) is 0.706. The zero-order valence-corrected chi connectivity index (χ0v) is 11.6. The molecule has 0 aromatic carbocycles. The highest BCUT2D eigenvalue weighted by atomic mass is 14.9. The Kier molecular flexibility index (Phi) is 3.07. The first-order chi connectivity index (χ1) is 9.38. The van der Waals surface area contributed by atoms with Crippen molar-refractivity contribution in [3.8, 4) is 0 Å². The smallest absolute Gasteiger partial charge is 0.0270 e. The van der Waals surface area contributed by atoms with Crippen LogP contribution in [0.4, 0.5) is 0 Å². The van der Waals surface area contributed by atoms with Crippen LogP contribution in [0.3, 0.4) is 0 Å². The Balaban J connectivity index is 1.34. The number of pyridine rings is 1. The minimum Gasteiger partial charge on any atom is -0.313 e. The van der Waals surface area contributed by atoms with Crippen LogP contribution in [0.5, 0.6) is 0 Å². The van der Waals surface area contributed by atoms with Gasteiger partial charge in [0.1, 0.15) is 0 Å². The number of rotatable bonds is 4. The Hall–Kier alpha value is -0.890. The van der Waals surface area contributed by atoms with Gasteiger partial charge in [0.25, 0.3) is 0 Å². The average molecular weight is 256 g/mol. The Labute approximate surface area is 116 Å². The molecular formula is C17H24N2. The molecule has 0 amide bonds. The van der Waals surface area contributed by atoms with Crippen molar-refractivity contribution in [3.05, 3.63) is 30.1 Å². The second kappa shape index (κ2) is 4.90. The summed E-state index contributed by atoms with van der Waals surface area (Å²) in [6.45, 7) is 1.14. The number of nitrogens with one attached hydrogen (secondary N) is 1. The maximum atomic E-state index is 4.08. The van der Waals surface area contributed by atoms with Crippen molar-refractivity contribution in [2.45, 2.75) is 44.6 Å². The second-order valence-corrected chi connectivity index (χ2v) is 7.02. The summed E-state index contributed by atoms with van der Waals surface area (Å²) in [4.78, 5) is 4.08. The van der Waals surface area contributed by atoms with E-state index in [1.807, 2.05) is 12.4 Å². The van der Waals surface area contributed by atoms with E-state index >= 15 is 0 Å². The van der Waals surface area contributed by atoms with Gasteiger partial charge in [-0.1, -0.05) is 0 Å². The Morgan fingerprint density at radius 2 is 1.58 bits per heavy atom. The van der Waals surface area contributed by atoms with Crippen molar-refractivity contribution < 1.29 is 0 Å². The van der Waals surface area contributed by atoms with Gasteiger partial charge in [0.15, 0.2) is 0 Å². The lowest BCUT2D eigenvalue weighted by molar-refractivity contribution is -0.0133. The lowest BCUT2D eigenvalue weighted by Crippen LogP contribution is -2.54. The molecule has 1 heterocycles. The highest BCUT2D eigenvalue weighted by molar-refractivity contribution is 5.10. The predicted molar refractivity (Wildman–Crippen MR) is 76.8 cm³/mol. The largest absolute Gasteiger partial charge is 0.313 e. The molecule has 2 nitrogen and oxygen atoms in total. The average Bonchev–Trinajstić information content (AvgIpc) is 2.42. The second-order valence-electron chi connectivity index (χ2n) is 7.02. The van der Waals surface area contributed by atoms with E-state index in [0.717, 1.165) is 42.7 Å². The quantitative estimate of drug-likeness (QED) is 0.895. The van der Waals surface area contributed by atoms with E-state index in [-0.39, 0.29) is 0 Å². The fourth-order valence-electron chi connectivity index (χ4n) is 5.19. The van der Waals surface area contributed by atoms with Gasteiger partial charge < -0.3 is 5.32 Å². The summed E-state index contributed by atoms with van der Waals surface area (Å²) in [5.74, 6) is 4.16. The Morgan fingerprint density at radius 3 is 2.21 bits per heavy atom. The van der Waals surface area contributed by atoms with Crippen LogP contribution >= 0.6 is 0 Å². The van der Waals surface area contributed by atoms with E-state index in [1.165, 1.54) is 31.2 Å². The van der Waals surface area contributed by atoms with Crippen LogP contribution in [0, 0.1) is 23.7 Å². The van der Waals surface area contributed by atoms with E-state index in [9.17, 15) is 0 Å². The molecule has 4 aliphatic carbocycles. The Morgan fingerprint density at radius 1 is 0.947 bits per heavy atom. The van der Waals surface area contributed by atoms with Gasteiger partial charge in [0.2, 0.25) is 0 Å². The summed E-state index contributed by atoms with van der Waals surface area (Å²) in [5, 5.41) is 3.89. The van der Waals surface area contributed by atoms with Crippen LogP contribution in [-0.4, -0.2) is 17.6 Å². The molecule has 4 aliphatic rings. The molecular weight excluding hydrogens is 232 g/mol. The molecule has 4 fully saturated rings. The molecule has 0 saturated heterocycles. The zero-order valence-electron chi connectivity index (χ0n) is 11.6. The molecule has 0 atom stereocenters. The summed E-state index contributed by atoms with van der Waals surface area (Å²) in [7, 11) is 0. The monoisotopic (exact) mass is 256 g/mol. The number of aromatic nitrogens is 1. The fourth-order valence-corrected chi connectivity index (χ4v) is 5.19. The third-order valence-electron chi connectivity index (χ3n) is 5.77. The topological polar surface area (TPSA) is 24.9 Å². The van der Waals surface area contributed by atoms with E-state index in [1.54, 1.807) is 6.42 Å². The summed E-state index contributed by atoms with van der Waals surface area (Å²) >= 11 is 0. The SMILES string of the molecule is c1cc(CCNC2C3CC4CC(C3)CC2C4)ccn1. The molecule has 2 heteroatoms. The summed E-state index contributed by atoms with van der Waals surface area (Å²) in [5.41, 5.74) is 1.41. The molecule has 1 aromatic rings. The van der Waals surface area contributed by atoms with E-state index < -0.39 is 0 Å². The van der Waals surface area contributed by atoms with Crippen molar-refractivity contribution >= 4 is 0 Å². The minimum absolute atomic E-state index is 0.828. The maximum absolute atomic E-state index is 4.08. The number of hydrogen-bond acceptors (Lipinski definition) is 2. The van der Waals surface area contributed by atoms with Crippen LogP contribution in [0.25, 0.3) is 0 Å². The van der Waals surface area contributed by atoms with Gasteiger partial charge in [0, 0.05) is 18.4 Å². The minimum atomic E-state index is 0.828. The lowest BCUT2D eigenvalue weighted by Gasteiger charge is -2.54. The van der Waals surface area contributed by atoms with Crippen LogP contribution in [0.2, 0.25) is 0 Å². The summed E-state index contributed by atoms with van der Waals surface area (Å²) < 4.78 is 0. The predicted octanol–water partition coefficient (Wildman–Crippen LogP) is 3.04. The van der Waals surface area contributed by atoms with Crippen molar-refractivity contribution in [3.63, 3.8) is 0 Å². The van der Waals surface area contributed by atoms with Gasteiger partial charge in [-0.15, -0.1) is 0 Å². The van der Waals surface area contributed by atoms with Crippen LogP contribution < -0.4 is 5.32 Å². The standard InChI is InChI=1S/C17H24N2/c1-4-18-5-2-12(1)3-6-19-17-15-8-13-7-14(10-15)11-16(17)9-13/h1-2,4-5,13-17,19H,3,6-11H2. The molecule has 102 valence electrons. The third-order valence-corrected chi connectivity index (χ3v) is 5.77. The first-order valence-electron chi connectivity index (χ1n) is 8.01. The lowest BCUT2D eigenvalue weighted by atomic mass is 9.54. The highest BCUT2D eigenvalue weighted by Gasteiger charge is 2.47. The van der Waals surface area contributed by atoms with E-state index in [2.05, 4.69) is 22.4 Å². The normalized spacial score (nSPS) is 39.7. The third kappa shape index (κ3) is 2.31. The maximum Gasteiger partial charge on any atom is 0.0270 e. The molecule has 1 aromatic heterocycles. The van der Waals surface area contributed by atoms with E-state index in [0.29, 0.717) is 0 Å². The Bertz CT molecular complexity index is 400. The molecule has 0 unspecified atom stereocenters. The van der Waals surface area contributed by atoms with Crippen molar-refractivity contribution in [1.82, 2.24) is 10.3 Å². The zero-order chi connectivity index (χ0) is 12.7. The van der Waals surface area contributed by atoms with Crippen molar-refractivity contribution in [2.75, 3.05) is 6.54 Å². The van der Waals surface area contributed by atoms with Gasteiger partial charge in [-0.25, -0.2) is 0 Å². The van der Waals surface area contributed by atoms with Gasteiger partial charge >= 0.3 is 0 Å². The molecule has 1 N–H and O–H groups in total. The van der Waals surface area contributed by atoms with Crippen LogP contribution in [-0.2, 0) is 6.42 Å².